The number of pyridine rings is 1. The van der Waals surface area contributed by atoms with Crippen molar-refractivity contribution in [3.8, 4) is 0 Å². The number of hydrogen-bond donors (Lipinski definition) is 1. The lowest BCUT2D eigenvalue weighted by atomic mass is 10.2. The first-order valence-electron chi connectivity index (χ1n) is 11.4. The molecule has 1 N–H and O–H groups in total. The third-order valence-electron chi connectivity index (χ3n) is 6.01. The number of hydrogen-bond acceptors (Lipinski definition) is 7. The Morgan fingerprint density at radius 3 is 2.51 bits per heavy atom. The van der Waals surface area contributed by atoms with E-state index in [1.165, 1.54) is 12.1 Å². The third-order valence-corrected chi connectivity index (χ3v) is 6.01. The van der Waals surface area contributed by atoms with Gasteiger partial charge in [0.1, 0.15) is 11.2 Å². The van der Waals surface area contributed by atoms with Gasteiger partial charge in [0.2, 0.25) is 5.91 Å². The van der Waals surface area contributed by atoms with E-state index in [1.807, 2.05) is 10.00 Å². The smallest absolute Gasteiger partial charge is 0.379 e. The van der Waals surface area contributed by atoms with Crippen LogP contribution in [0.25, 0.3) is 10.9 Å². The van der Waals surface area contributed by atoms with Crippen molar-refractivity contribution in [2.75, 3.05) is 44.3 Å². The average Bonchev–Trinajstić information content (AvgIpc) is 3.28. The quantitative estimate of drug-likeness (QED) is 0.353. The lowest BCUT2D eigenvalue weighted by Crippen LogP contribution is -2.49. The number of piperazine rings is 1. The van der Waals surface area contributed by atoms with Crippen LogP contribution in [-0.4, -0.2) is 75.2 Å². The van der Waals surface area contributed by atoms with Gasteiger partial charge in [0.05, 0.1) is 37.4 Å². The molecule has 0 aliphatic carbocycles. The molecule has 1 saturated heterocycles. The van der Waals surface area contributed by atoms with Crippen molar-refractivity contribution in [1.29, 1.82) is 0 Å². The Morgan fingerprint density at radius 1 is 1.16 bits per heavy atom. The van der Waals surface area contributed by atoms with E-state index in [0.29, 0.717) is 32.0 Å². The van der Waals surface area contributed by atoms with E-state index in [-0.39, 0.29) is 36.6 Å². The summed E-state index contributed by atoms with van der Waals surface area (Å²) in [6.45, 7) is 3.42. The summed E-state index contributed by atoms with van der Waals surface area (Å²) >= 11 is 0. The molecular weight excluding hydrogens is 505 g/mol. The van der Waals surface area contributed by atoms with Crippen molar-refractivity contribution in [3.63, 3.8) is 0 Å². The second-order valence-electron chi connectivity index (χ2n) is 8.54. The van der Waals surface area contributed by atoms with E-state index in [0.717, 1.165) is 17.1 Å². The van der Waals surface area contributed by atoms with Gasteiger partial charge in [-0.15, -0.1) is 0 Å². The lowest BCUT2D eigenvalue weighted by Gasteiger charge is -2.35. The maximum Gasteiger partial charge on any atom is 0.435 e. The van der Waals surface area contributed by atoms with Gasteiger partial charge in [0.25, 0.3) is 12.0 Å². The molecule has 4 heterocycles. The normalized spacial score (nSPS) is 15.5. The number of fused-ring (bicyclic) bond motifs is 1. The molecule has 200 valence electrons. The van der Waals surface area contributed by atoms with Gasteiger partial charge in [-0.3, -0.25) is 14.3 Å². The van der Waals surface area contributed by atoms with Crippen LogP contribution >= 0.6 is 0 Å². The molecule has 1 aliphatic heterocycles. The summed E-state index contributed by atoms with van der Waals surface area (Å²) in [6, 6.07) is 2.19. The first kappa shape index (κ1) is 26.4. The van der Waals surface area contributed by atoms with Gasteiger partial charge < -0.3 is 14.5 Å². The minimum absolute atomic E-state index is 0.0395. The Morgan fingerprint density at radius 2 is 1.89 bits per heavy atom. The van der Waals surface area contributed by atoms with Gasteiger partial charge in [-0.05, 0) is 19.1 Å². The van der Waals surface area contributed by atoms with Crippen LogP contribution in [0.15, 0.2) is 29.3 Å². The highest BCUT2D eigenvalue weighted by molar-refractivity contribution is 5.80. The highest BCUT2D eigenvalue weighted by Crippen LogP contribution is 2.33. The Kier molecular flexibility index (Phi) is 7.71. The topological polar surface area (TPSA) is 109 Å². The van der Waals surface area contributed by atoms with Gasteiger partial charge >= 0.3 is 6.18 Å². The fourth-order valence-corrected chi connectivity index (χ4v) is 4.08. The monoisotopic (exact) mass is 529 g/mol. The predicted molar refractivity (Wildman–Crippen MR) is 121 cm³/mol. The summed E-state index contributed by atoms with van der Waals surface area (Å²) in [5, 5.41) is 8.54. The zero-order valence-electron chi connectivity index (χ0n) is 19.7. The summed E-state index contributed by atoms with van der Waals surface area (Å²) < 4.78 is 72.0. The minimum atomic E-state index is -4.82. The number of alkyl halides is 5. The molecule has 3 aromatic rings. The number of H-pyrrole nitrogens is 1. The molecule has 0 bridgehead atoms. The molecule has 1 atom stereocenters. The SMILES string of the molecule is CC(COCCC(=O)N1CCN(c2ccc(C(F)F)cn2)CC1)n1nc(C(F)(F)F)c2c(=O)[nH]ncc21. The zero-order valence-corrected chi connectivity index (χ0v) is 19.7. The standard InChI is InChI=1S/C22H24F5N7O3/c1-13(34-15-11-29-30-21(36)18(15)19(31-34)22(25,26)27)12-37-9-4-17(35)33-7-5-32(6-8-33)16-3-2-14(10-28-16)20(23)24/h2-3,10-11,13,20H,4-9,12H2,1H3,(H,30,36). The molecular formula is C22H24F5N7O3. The van der Waals surface area contributed by atoms with Crippen LogP contribution in [0.5, 0.6) is 0 Å². The van der Waals surface area contributed by atoms with E-state index >= 15 is 0 Å². The third kappa shape index (κ3) is 5.87. The van der Waals surface area contributed by atoms with Crippen LogP contribution in [-0.2, 0) is 15.7 Å². The highest BCUT2D eigenvalue weighted by Gasteiger charge is 2.38. The van der Waals surface area contributed by atoms with Gasteiger partial charge in [0.15, 0.2) is 5.69 Å². The molecule has 0 spiro atoms. The Hall–Kier alpha value is -3.62. The molecule has 1 unspecified atom stereocenters. The summed E-state index contributed by atoms with van der Waals surface area (Å²) in [4.78, 5) is 32.1. The molecule has 1 fully saturated rings. The second-order valence-corrected chi connectivity index (χ2v) is 8.54. The number of carbonyl (C=O) groups excluding carboxylic acids is 1. The Balaban J connectivity index is 1.26. The van der Waals surface area contributed by atoms with E-state index < -0.39 is 35.3 Å². The number of aromatic amines is 1. The fraction of sp³-hybridized carbons (Fsp3) is 0.500. The zero-order chi connectivity index (χ0) is 26.7. The van der Waals surface area contributed by atoms with E-state index in [4.69, 9.17) is 4.74 Å². The van der Waals surface area contributed by atoms with Crippen molar-refractivity contribution in [3.05, 3.63) is 46.1 Å². The average molecular weight is 529 g/mol. The second kappa shape index (κ2) is 10.8. The number of rotatable bonds is 8. The minimum Gasteiger partial charge on any atom is -0.379 e. The van der Waals surface area contributed by atoms with Crippen molar-refractivity contribution < 1.29 is 31.5 Å². The number of amides is 1. The largest absolute Gasteiger partial charge is 0.435 e. The van der Waals surface area contributed by atoms with Crippen LogP contribution in [0.4, 0.5) is 27.8 Å². The fourth-order valence-electron chi connectivity index (χ4n) is 4.08. The van der Waals surface area contributed by atoms with E-state index in [2.05, 4.69) is 15.2 Å². The highest BCUT2D eigenvalue weighted by atomic mass is 19.4. The lowest BCUT2D eigenvalue weighted by molar-refractivity contribution is -0.140. The van der Waals surface area contributed by atoms with Crippen LogP contribution in [0.2, 0.25) is 0 Å². The number of aromatic nitrogens is 5. The van der Waals surface area contributed by atoms with E-state index in [9.17, 15) is 31.5 Å². The Labute approximate surface area is 207 Å². The predicted octanol–water partition coefficient (Wildman–Crippen LogP) is 2.79. The summed E-state index contributed by atoms with van der Waals surface area (Å²) in [7, 11) is 0. The molecule has 3 aromatic heterocycles. The van der Waals surface area contributed by atoms with Gasteiger partial charge in [-0.25, -0.2) is 18.9 Å². The van der Waals surface area contributed by atoms with Crippen LogP contribution in [0.3, 0.4) is 0 Å². The van der Waals surface area contributed by atoms with Crippen LogP contribution < -0.4 is 10.5 Å². The molecule has 37 heavy (non-hydrogen) atoms. The van der Waals surface area contributed by atoms with Gasteiger partial charge in [-0.1, -0.05) is 0 Å². The van der Waals surface area contributed by atoms with Crippen molar-refractivity contribution in [2.45, 2.75) is 32.0 Å². The molecule has 0 aromatic carbocycles. The molecule has 0 radical (unpaired) electrons. The molecule has 1 aliphatic rings. The summed E-state index contributed by atoms with van der Waals surface area (Å²) in [5.74, 6) is 0.416. The number of ether oxygens (including phenoxy) is 1. The van der Waals surface area contributed by atoms with Crippen LogP contribution in [0.1, 0.15) is 37.1 Å². The molecule has 15 heteroatoms. The molecule has 0 saturated carbocycles. The van der Waals surface area contributed by atoms with Crippen molar-refractivity contribution in [2.24, 2.45) is 0 Å². The maximum absolute atomic E-state index is 13.4. The summed E-state index contributed by atoms with van der Waals surface area (Å²) in [6.07, 6.45) is -5.09. The molecule has 1 amide bonds. The van der Waals surface area contributed by atoms with Crippen molar-refractivity contribution in [1.82, 2.24) is 29.9 Å². The molecule has 10 nitrogen and oxygen atoms in total. The number of halogens is 5. The van der Waals surface area contributed by atoms with Crippen molar-refractivity contribution >= 4 is 22.6 Å². The first-order chi connectivity index (χ1) is 17.6. The Bertz CT molecular complexity index is 1280. The van der Waals surface area contributed by atoms with Gasteiger partial charge in [-0.2, -0.15) is 23.4 Å². The number of carbonyl (C=O) groups is 1. The van der Waals surface area contributed by atoms with Crippen LogP contribution in [0, 0.1) is 0 Å². The van der Waals surface area contributed by atoms with E-state index in [1.54, 1.807) is 11.8 Å². The number of anilines is 1. The maximum atomic E-state index is 13.4. The molecule has 4 rings (SSSR count). The number of nitrogens with zero attached hydrogens (tertiary/aromatic N) is 6. The number of nitrogens with one attached hydrogen (secondary N) is 1. The first-order valence-corrected chi connectivity index (χ1v) is 11.4. The summed E-state index contributed by atoms with van der Waals surface area (Å²) in [5.41, 5.74) is -2.51. The van der Waals surface area contributed by atoms with Gasteiger partial charge in [0, 0.05) is 37.9 Å².